The summed E-state index contributed by atoms with van der Waals surface area (Å²) in [6.07, 6.45) is 7.67. The Hall–Kier alpha value is -5.49. The van der Waals surface area contributed by atoms with Gasteiger partial charge in [-0.25, -0.2) is 14.6 Å². The third-order valence-corrected chi connectivity index (χ3v) is 10.9. The molecule has 1 saturated carbocycles. The number of anilines is 2. The lowest BCUT2D eigenvalue weighted by Crippen LogP contribution is -2.57. The van der Waals surface area contributed by atoms with E-state index in [1.807, 2.05) is 65.0 Å². The number of nitrogens with zero attached hydrogens (tertiary/aromatic N) is 5. The topological polar surface area (TPSA) is 133 Å². The van der Waals surface area contributed by atoms with Crippen LogP contribution in [0.1, 0.15) is 78.5 Å². The summed E-state index contributed by atoms with van der Waals surface area (Å²) in [5, 5.41) is 12.7. The maximum absolute atomic E-state index is 13.7. The summed E-state index contributed by atoms with van der Waals surface area (Å²) in [6, 6.07) is 19.3. The van der Waals surface area contributed by atoms with Crippen molar-refractivity contribution in [2.24, 2.45) is 5.41 Å². The van der Waals surface area contributed by atoms with Gasteiger partial charge in [0.1, 0.15) is 22.8 Å². The molecular formula is C41H45N7O5. The van der Waals surface area contributed by atoms with Crippen LogP contribution in [0.2, 0.25) is 0 Å². The molecule has 3 fully saturated rings. The number of piperidine rings is 1. The molecule has 12 heteroatoms. The molecule has 2 amide bonds. The van der Waals surface area contributed by atoms with Crippen molar-refractivity contribution in [3.8, 4) is 17.2 Å². The predicted molar refractivity (Wildman–Crippen MR) is 202 cm³/mol. The van der Waals surface area contributed by atoms with Crippen molar-refractivity contribution in [2.45, 2.75) is 64.0 Å². The summed E-state index contributed by atoms with van der Waals surface area (Å²) in [4.78, 5) is 38.2. The van der Waals surface area contributed by atoms with Crippen LogP contribution in [0.15, 0.2) is 73.1 Å². The first-order valence-corrected chi connectivity index (χ1v) is 18.3. The van der Waals surface area contributed by atoms with E-state index in [0.29, 0.717) is 60.9 Å². The van der Waals surface area contributed by atoms with E-state index >= 15 is 0 Å². The van der Waals surface area contributed by atoms with Crippen molar-refractivity contribution in [2.75, 3.05) is 44.6 Å². The van der Waals surface area contributed by atoms with Crippen molar-refractivity contribution in [3.05, 3.63) is 95.4 Å². The van der Waals surface area contributed by atoms with E-state index in [-0.39, 0.29) is 23.8 Å². The summed E-state index contributed by atoms with van der Waals surface area (Å²) in [5.41, 5.74) is 4.68. The van der Waals surface area contributed by atoms with E-state index in [0.717, 1.165) is 40.7 Å². The Balaban J connectivity index is 1.13. The molecule has 3 aliphatic rings. The molecular weight excluding hydrogens is 670 g/mol. The molecule has 1 aliphatic carbocycles. The summed E-state index contributed by atoms with van der Waals surface area (Å²) >= 11 is 0. The molecule has 2 aliphatic heterocycles. The highest BCUT2D eigenvalue weighted by Crippen LogP contribution is 2.41. The van der Waals surface area contributed by atoms with Crippen molar-refractivity contribution in [3.63, 3.8) is 0 Å². The average molecular weight is 716 g/mol. The minimum Gasteiger partial charge on any atom is -0.497 e. The van der Waals surface area contributed by atoms with Crippen molar-refractivity contribution >= 4 is 34.4 Å². The number of likely N-dealkylation sites (tertiary alicyclic amines) is 1. The maximum atomic E-state index is 13.7. The van der Waals surface area contributed by atoms with Crippen molar-refractivity contribution in [1.82, 2.24) is 24.6 Å². The fourth-order valence-corrected chi connectivity index (χ4v) is 7.50. The number of hydrogen-bond donors (Lipinski definition) is 2. The van der Waals surface area contributed by atoms with Gasteiger partial charge in [-0.05, 0) is 106 Å². The lowest BCUT2D eigenvalue weighted by molar-refractivity contribution is -0.172. The van der Waals surface area contributed by atoms with Gasteiger partial charge in [-0.1, -0.05) is 0 Å². The van der Waals surface area contributed by atoms with Gasteiger partial charge in [0.15, 0.2) is 5.82 Å². The number of rotatable bonds is 11. The second-order valence-corrected chi connectivity index (χ2v) is 14.8. The van der Waals surface area contributed by atoms with Crippen LogP contribution in [-0.4, -0.2) is 76.5 Å². The Morgan fingerprint density at radius 1 is 0.925 bits per heavy atom. The van der Waals surface area contributed by atoms with Gasteiger partial charge in [-0.2, -0.15) is 5.10 Å². The van der Waals surface area contributed by atoms with E-state index in [4.69, 9.17) is 24.3 Å². The third-order valence-electron chi connectivity index (χ3n) is 10.9. The van der Waals surface area contributed by atoms with E-state index in [2.05, 4.69) is 22.5 Å². The van der Waals surface area contributed by atoms with Crippen LogP contribution in [-0.2, 0) is 16.1 Å². The molecule has 3 aromatic heterocycles. The zero-order valence-electron chi connectivity index (χ0n) is 30.6. The summed E-state index contributed by atoms with van der Waals surface area (Å²) in [7, 11) is 3.27. The molecule has 0 bridgehead atoms. The molecule has 2 saturated heterocycles. The van der Waals surface area contributed by atoms with Gasteiger partial charge in [-0.15, -0.1) is 0 Å². The van der Waals surface area contributed by atoms with Gasteiger partial charge in [0.05, 0.1) is 44.2 Å². The number of hydrogen-bond acceptors (Lipinski definition) is 9. The summed E-state index contributed by atoms with van der Waals surface area (Å²) in [6.45, 7) is 6.05. The van der Waals surface area contributed by atoms with Gasteiger partial charge in [0, 0.05) is 60.0 Å². The largest absolute Gasteiger partial charge is 0.497 e. The standard InChI is InChI=1S/C41H45N7O5/c1-25-5-6-30(22-47(25)40(50)41(2)23-53-24-41)36-33-16-18-43-38(44-21-29-11-14-32(51-3)20-34(29)52-4)37(33)48(46-36)31-12-9-27(10-13-31)39(49)45-35-19-28(15-17-42-35)26-7-8-26/h9-20,25-26,30H,5-8,21-24H2,1-4H3,(H,43,44)(H,42,45,49)/t25-,30+/m0/s1. The molecule has 0 radical (unpaired) electrons. The molecule has 274 valence electrons. The molecule has 5 aromatic rings. The van der Waals surface area contributed by atoms with Crippen LogP contribution in [0, 0.1) is 5.41 Å². The molecule has 12 nitrogen and oxygen atoms in total. The fourth-order valence-electron chi connectivity index (χ4n) is 7.50. The number of fused-ring (bicyclic) bond motifs is 1. The highest BCUT2D eigenvalue weighted by Gasteiger charge is 2.46. The number of ether oxygens (including phenoxy) is 3. The van der Waals surface area contributed by atoms with E-state index in [1.54, 1.807) is 38.7 Å². The van der Waals surface area contributed by atoms with Crippen molar-refractivity contribution in [1.29, 1.82) is 0 Å². The predicted octanol–water partition coefficient (Wildman–Crippen LogP) is 6.71. The van der Waals surface area contributed by atoms with Crippen LogP contribution < -0.4 is 20.1 Å². The monoisotopic (exact) mass is 715 g/mol. The summed E-state index contributed by atoms with van der Waals surface area (Å²) in [5.74, 6) is 3.11. The zero-order valence-corrected chi connectivity index (χ0v) is 30.6. The van der Waals surface area contributed by atoms with E-state index in [1.165, 1.54) is 18.4 Å². The van der Waals surface area contributed by atoms with Gasteiger partial charge in [0.2, 0.25) is 5.91 Å². The van der Waals surface area contributed by atoms with E-state index < -0.39 is 5.41 Å². The SMILES string of the molecule is COc1ccc(CNc2nccc3c([C@@H]4CC[C@H](C)N(C(=O)C5(C)COC5)C4)nn(-c4ccc(C(=O)Nc5cc(C6CC6)ccn5)cc4)c23)c(OC)c1. The summed E-state index contributed by atoms with van der Waals surface area (Å²) < 4.78 is 18.4. The highest BCUT2D eigenvalue weighted by atomic mass is 16.5. The maximum Gasteiger partial charge on any atom is 0.256 e. The fraction of sp³-hybridized carbons (Fsp3) is 0.390. The molecule has 53 heavy (non-hydrogen) atoms. The highest BCUT2D eigenvalue weighted by molar-refractivity contribution is 6.04. The van der Waals surface area contributed by atoms with Gasteiger partial charge in [-0.3, -0.25) is 9.59 Å². The minimum absolute atomic E-state index is 0.0179. The van der Waals surface area contributed by atoms with Crippen LogP contribution in [0.25, 0.3) is 16.6 Å². The van der Waals surface area contributed by atoms with Gasteiger partial charge >= 0.3 is 0 Å². The Labute approximate surface area is 308 Å². The van der Waals surface area contributed by atoms with Crippen LogP contribution >= 0.6 is 0 Å². The van der Waals surface area contributed by atoms with Crippen molar-refractivity contribution < 1.29 is 23.8 Å². The second-order valence-electron chi connectivity index (χ2n) is 14.8. The smallest absolute Gasteiger partial charge is 0.256 e. The quantitative estimate of drug-likeness (QED) is 0.153. The Bertz CT molecular complexity index is 2160. The Kier molecular flexibility index (Phi) is 9.23. The van der Waals surface area contributed by atoms with Crippen LogP contribution in [0.3, 0.4) is 0 Å². The normalized spacial score (nSPS) is 19.4. The zero-order chi connectivity index (χ0) is 36.7. The lowest BCUT2D eigenvalue weighted by Gasteiger charge is -2.45. The molecule has 0 unspecified atom stereocenters. The number of pyridine rings is 2. The lowest BCUT2D eigenvalue weighted by atomic mass is 9.83. The van der Waals surface area contributed by atoms with Gasteiger partial charge in [0.25, 0.3) is 5.91 Å². The number of methoxy groups -OCH3 is 2. The Morgan fingerprint density at radius 2 is 1.70 bits per heavy atom. The molecule has 2 atom stereocenters. The number of carbonyl (C=O) groups excluding carboxylic acids is 2. The third kappa shape index (κ3) is 6.79. The number of amides is 2. The molecule has 2 aromatic carbocycles. The first kappa shape index (κ1) is 34.6. The first-order valence-electron chi connectivity index (χ1n) is 18.3. The number of carbonyl (C=O) groups is 2. The minimum atomic E-state index is -0.481. The van der Waals surface area contributed by atoms with Crippen LogP contribution in [0.4, 0.5) is 11.6 Å². The first-order chi connectivity index (χ1) is 25.7. The molecule has 5 heterocycles. The van der Waals surface area contributed by atoms with Crippen LogP contribution in [0.5, 0.6) is 11.5 Å². The number of benzene rings is 2. The van der Waals surface area contributed by atoms with E-state index in [9.17, 15) is 9.59 Å². The second kappa shape index (κ2) is 14.1. The number of nitrogens with one attached hydrogen (secondary N) is 2. The molecule has 0 spiro atoms. The average Bonchev–Trinajstić information content (AvgIpc) is 3.96. The Morgan fingerprint density at radius 3 is 2.42 bits per heavy atom. The molecule has 8 rings (SSSR count). The number of aromatic nitrogens is 4. The molecule has 2 N–H and O–H groups in total. The van der Waals surface area contributed by atoms with Gasteiger partial charge < -0.3 is 29.7 Å².